The molecule has 1 aromatic heterocycles. The molecule has 3 heterocycles. The minimum Gasteiger partial charge on any atom is -0.453 e. The van der Waals surface area contributed by atoms with Crippen LogP contribution in [0.2, 0.25) is 0 Å². The number of alkyl carbamates (subject to hydrolysis) is 1. The molecule has 0 aromatic carbocycles. The zero-order valence-corrected chi connectivity index (χ0v) is 11.4. The van der Waals surface area contributed by atoms with E-state index in [2.05, 4.69) is 15.0 Å². The average molecular weight is 311 g/mol. The van der Waals surface area contributed by atoms with E-state index < -0.39 is 46.9 Å². The van der Waals surface area contributed by atoms with Crippen LogP contribution in [0, 0.1) is 0 Å². The molecule has 5 unspecified atom stereocenters. The first-order valence-electron chi connectivity index (χ1n) is 6.61. The zero-order valence-electron chi connectivity index (χ0n) is 11.4. The molecule has 3 aliphatic rings. The van der Waals surface area contributed by atoms with Gasteiger partial charge in [-0.1, -0.05) is 0 Å². The van der Waals surface area contributed by atoms with Crippen LogP contribution in [0.25, 0.3) is 0 Å². The number of carbonyl (C=O) groups is 1. The maximum Gasteiger partial charge on any atom is 0.407 e. The van der Waals surface area contributed by atoms with Gasteiger partial charge in [0, 0.05) is 12.3 Å². The number of rotatable bonds is 2. The third kappa shape index (κ3) is 1.32. The normalized spacial score (nSPS) is 41.1. The highest BCUT2D eigenvalue weighted by Crippen LogP contribution is 2.67. The summed E-state index contributed by atoms with van der Waals surface area (Å²) in [5, 5.41) is 12.7. The van der Waals surface area contributed by atoms with E-state index in [-0.39, 0.29) is 6.61 Å². The summed E-state index contributed by atoms with van der Waals surface area (Å²) in [6, 6.07) is 1.18. The Morgan fingerprint density at radius 3 is 3.05 bits per heavy atom. The maximum atomic E-state index is 11.9. The maximum absolute atomic E-state index is 11.9. The van der Waals surface area contributed by atoms with Crippen LogP contribution in [0.3, 0.4) is 0 Å². The number of hydrogen-bond acceptors (Lipinski definition) is 7. The number of amides is 1. The first-order chi connectivity index (χ1) is 10.5. The number of hydrogen-bond donors (Lipinski definition) is 3. The minimum absolute atomic E-state index is 0.0947. The first kappa shape index (κ1) is 13.5. The predicted octanol–water partition coefficient (Wildman–Crippen LogP) is -2.33. The van der Waals surface area contributed by atoms with Crippen LogP contribution >= 0.6 is 0 Å². The van der Waals surface area contributed by atoms with Crippen LogP contribution in [-0.4, -0.2) is 57.8 Å². The van der Waals surface area contributed by atoms with Gasteiger partial charge < -0.3 is 24.6 Å². The van der Waals surface area contributed by atoms with Crippen LogP contribution in [0.1, 0.15) is 6.23 Å². The highest BCUT2D eigenvalue weighted by atomic mass is 16.7. The van der Waals surface area contributed by atoms with Crippen molar-refractivity contribution in [2.45, 2.75) is 29.6 Å². The number of carbonyl (C=O) groups excluding carboxylic acids is 1. The lowest BCUT2D eigenvalue weighted by Crippen LogP contribution is -2.51. The Labute approximate surface area is 122 Å². The van der Waals surface area contributed by atoms with E-state index in [0.29, 0.717) is 0 Å². The number of ether oxygens (including phenoxy) is 3. The Balaban J connectivity index is 1.72. The lowest BCUT2D eigenvalue weighted by molar-refractivity contribution is -0.190. The summed E-state index contributed by atoms with van der Waals surface area (Å²) < 4.78 is 17.1. The molecule has 10 heteroatoms. The standard InChI is InChI=1S/C12H13N3O7/c1-20-10(19)14-12-6-7(15-3-2-5(16)13-9(15)18)22-11(12,4-21-6)8(12)17/h2-3,6-8,17H,4H2,1H3,(H,14,19)(H,13,16,18). The SMILES string of the molecule is COC(=O)NC12C3OCC1(OC3n1ccc(=O)[nH]c1=O)C2O. The largest absolute Gasteiger partial charge is 0.453 e. The summed E-state index contributed by atoms with van der Waals surface area (Å²) in [4.78, 5) is 36.7. The Morgan fingerprint density at radius 1 is 1.59 bits per heavy atom. The van der Waals surface area contributed by atoms with Crippen LogP contribution in [0.4, 0.5) is 4.79 Å². The fraction of sp³-hybridized carbons (Fsp3) is 0.583. The van der Waals surface area contributed by atoms with Crippen molar-refractivity contribution >= 4 is 6.09 Å². The van der Waals surface area contributed by atoms with Gasteiger partial charge in [-0.3, -0.25) is 14.3 Å². The zero-order chi connectivity index (χ0) is 15.7. The number of methoxy groups -OCH3 is 1. The summed E-state index contributed by atoms with van der Waals surface area (Å²) in [7, 11) is 1.20. The highest BCUT2D eigenvalue weighted by Gasteiger charge is 2.92. The van der Waals surface area contributed by atoms with E-state index >= 15 is 0 Å². The van der Waals surface area contributed by atoms with Gasteiger partial charge in [0.05, 0.1) is 13.7 Å². The van der Waals surface area contributed by atoms with Gasteiger partial charge >= 0.3 is 11.8 Å². The number of aliphatic hydroxyl groups excluding tert-OH is 1. The minimum atomic E-state index is -1.15. The second-order valence-electron chi connectivity index (χ2n) is 5.54. The van der Waals surface area contributed by atoms with Crippen molar-refractivity contribution in [2.24, 2.45) is 0 Å². The molecule has 22 heavy (non-hydrogen) atoms. The third-order valence-corrected chi connectivity index (χ3v) is 4.63. The molecule has 1 amide bonds. The Bertz CT molecular complexity index is 772. The Morgan fingerprint density at radius 2 is 2.36 bits per heavy atom. The number of nitrogens with zero attached hydrogens (tertiary/aromatic N) is 1. The fourth-order valence-electron chi connectivity index (χ4n) is 3.53. The summed E-state index contributed by atoms with van der Waals surface area (Å²) in [5.41, 5.74) is -3.45. The Hall–Kier alpha value is -2.17. The van der Waals surface area contributed by atoms with Gasteiger partial charge in [0.2, 0.25) is 0 Å². The summed E-state index contributed by atoms with van der Waals surface area (Å²) in [6.07, 6.45) is -2.03. The van der Waals surface area contributed by atoms with Crippen molar-refractivity contribution < 1.29 is 24.1 Å². The summed E-state index contributed by atoms with van der Waals surface area (Å²) in [5.74, 6) is 0. The number of aromatic amines is 1. The van der Waals surface area contributed by atoms with Gasteiger partial charge in [0.25, 0.3) is 5.56 Å². The second-order valence-corrected chi connectivity index (χ2v) is 5.54. The van der Waals surface area contributed by atoms with E-state index in [1.54, 1.807) is 0 Å². The molecule has 1 aliphatic carbocycles. The van der Waals surface area contributed by atoms with Crippen molar-refractivity contribution in [2.75, 3.05) is 13.7 Å². The van der Waals surface area contributed by atoms with E-state index in [9.17, 15) is 19.5 Å². The Kier molecular flexibility index (Phi) is 2.43. The number of aromatic nitrogens is 2. The van der Waals surface area contributed by atoms with E-state index in [4.69, 9.17) is 9.47 Å². The first-order valence-corrected chi connectivity index (χ1v) is 6.61. The molecule has 0 spiro atoms. The third-order valence-electron chi connectivity index (χ3n) is 4.63. The quantitative estimate of drug-likeness (QED) is 0.558. The molecule has 10 nitrogen and oxygen atoms in total. The molecular formula is C12H13N3O7. The molecule has 2 saturated heterocycles. The van der Waals surface area contributed by atoms with Crippen LogP contribution in [-0.2, 0) is 14.2 Å². The number of aliphatic hydroxyl groups is 1. The van der Waals surface area contributed by atoms with Gasteiger partial charge in [-0.2, -0.15) is 0 Å². The van der Waals surface area contributed by atoms with Crippen LogP contribution in [0.15, 0.2) is 21.9 Å². The molecule has 5 atom stereocenters. The van der Waals surface area contributed by atoms with E-state index in [1.165, 1.54) is 19.4 Å². The molecule has 4 rings (SSSR count). The molecule has 2 bridgehead atoms. The molecule has 0 radical (unpaired) electrons. The van der Waals surface area contributed by atoms with Crippen molar-refractivity contribution in [3.8, 4) is 0 Å². The van der Waals surface area contributed by atoms with Gasteiger partial charge in [-0.05, 0) is 0 Å². The summed E-state index contributed by atoms with van der Waals surface area (Å²) in [6.45, 7) is 0.0947. The molecule has 3 N–H and O–H groups in total. The second kappa shape index (κ2) is 3.97. The van der Waals surface area contributed by atoms with E-state index in [0.717, 1.165) is 4.57 Å². The molecular weight excluding hydrogens is 298 g/mol. The topological polar surface area (TPSA) is 132 Å². The molecule has 3 fully saturated rings. The van der Waals surface area contributed by atoms with Crippen molar-refractivity contribution in [1.29, 1.82) is 0 Å². The van der Waals surface area contributed by atoms with Gasteiger partial charge in [-0.15, -0.1) is 0 Å². The lowest BCUT2D eigenvalue weighted by Gasteiger charge is -2.31. The summed E-state index contributed by atoms with van der Waals surface area (Å²) >= 11 is 0. The highest BCUT2D eigenvalue weighted by molar-refractivity contribution is 5.71. The van der Waals surface area contributed by atoms with Crippen LogP contribution in [0.5, 0.6) is 0 Å². The monoisotopic (exact) mass is 311 g/mol. The number of H-pyrrole nitrogens is 1. The van der Waals surface area contributed by atoms with Crippen LogP contribution < -0.4 is 16.6 Å². The lowest BCUT2D eigenvalue weighted by atomic mass is 10.1. The smallest absolute Gasteiger partial charge is 0.407 e. The number of nitrogens with one attached hydrogen (secondary N) is 2. The van der Waals surface area contributed by atoms with Gasteiger partial charge in [-0.25, -0.2) is 9.59 Å². The van der Waals surface area contributed by atoms with Gasteiger partial charge in [0.1, 0.15) is 17.7 Å². The molecule has 1 aromatic rings. The van der Waals surface area contributed by atoms with Gasteiger partial charge in [0.15, 0.2) is 11.8 Å². The molecule has 2 aliphatic heterocycles. The fourth-order valence-corrected chi connectivity index (χ4v) is 3.53. The van der Waals surface area contributed by atoms with Crippen molar-refractivity contribution in [3.05, 3.63) is 33.1 Å². The predicted molar refractivity (Wildman–Crippen MR) is 68.2 cm³/mol. The van der Waals surface area contributed by atoms with E-state index in [1.807, 2.05) is 0 Å². The molecule has 118 valence electrons. The average Bonchev–Trinajstić information content (AvgIpc) is 2.77. The van der Waals surface area contributed by atoms with Crippen molar-refractivity contribution in [3.63, 3.8) is 0 Å². The van der Waals surface area contributed by atoms with Crippen molar-refractivity contribution in [1.82, 2.24) is 14.9 Å². The molecule has 1 saturated carbocycles.